The Balaban J connectivity index is 2.04. The lowest BCUT2D eigenvalue weighted by Crippen LogP contribution is -2.26. The Bertz CT molecular complexity index is 230. The average molecular weight is 181 g/mol. The second-order valence-corrected chi connectivity index (χ2v) is 4.62. The molecule has 1 heterocycles. The summed E-state index contributed by atoms with van der Waals surface area (Å²) in [5.41, 5.74) is 5.94. The molecule has 2 rings (SSSR count). The third kappa shape index (κ3) is 1.70. The minimum Gasteiger partial charge on any atom is -0.328 e. The van der Waals surface area contributed by atoms with Crippen molar-refractivity contribution in [3.05, 3.63) is 22.4 Å². The molecule has 1 fully saturated rings. The lowest BCUT2D eigenvalue weighted by atomic mass is 9.85. The molecule has 1 saturated carbocycles. The zero-order valence-electron chi connectivity index (χ0n) is 7.20. The van der Waals surface area contributed by atoms with Crippen molar-refractivity contribution in [1.82, 2.24) is 0 Å². The van der Waals surface area contributed by atoms with E-state index in [2.05, 4.69) is 17.5 Å². The van der Waals surface area contributed by atoms with Crippen molar-refractivity contribution in [1.29, 1.82) is 0 Å². The summed E-state index contributed by atoms with van der Waals surface area (Å²) in [4.78, 5) is 1.53. The second-order valence-electron chi connectivity index (χ2n) is 3.64. The van der Waals surface area contributed by atoms with E-state index >= 15 is 0 Å². The number of rotatable bonds is 1. The maximum absolute atomic E-state index is 5.94. The summed E-state index contributed by atoms with van der Waals surface area (Å²) in [5.74, 6) is 0.758. The van der Waals surface area contributed by atoms with Gasteiger partial charge in [-0.15, -0.1) is 11.3 Å². The maximum Gasteiger partial charge on any atom is 0.00767 e. The largest absolute Gasteiger partial charge is 0.328 e. The van der Waals surface area contributed by atoms with Crippen LogP contribution in [0.4, 0.5) is 0 Å². The normalized spacial score (nSPS) is 30.4. The van der Waals surface area contributed by atoms with Crippen molar-refractivity contribution in [2.75, 3.05) is 0 Å². The fourth-order valence-corrected chi connectivity index (χ4v) is 2.89. The summed E-state index contributed by atoms with van der Waals surface area (Å²) < 4.78 is 0. The standard InChI is InChI=1S/C10H15NS/c11-9-4-1-3-8(7-9)10-5-2-6-12-10/h2,5-6,8-9H,1,3-4,7,11H2. The molecule has 66 valence electrons. The zero-order chi connectivity index (χ0) is 8.39. The minimum absolute atomic E-state index is 0.450. The lowest BCUT2D eigenvalue weighted by Gasteiger charge is -2.25. The molecule has 1 aliphatic rings. The summed E-state index contributed by atoms with van der Waals surface area (Å²) >= 11 is 1.88. The first kappa shape index (κ1) is 8.27. The van der Waals surface area contributed by atoms with Crippen LogP contribution in [0.1, 0.15) is 36.5 Å². The smallest absolute Gasteiger partial charge is 0.00767 e. The molecular weight excluding hydrogens is 166 g/mol. The number of nitrogens with two attached hydrogens (primary N) is 1. The summed E-state index contributed by atoms with van der Waals surface area (Å²) in [5, 5.41) is 2.16. The molecule has 0 radical (unpaired) electrons. The monoisotopic (exact) mass is 181 g/mol. The van der Waals surface area contributed by atoms with Crippen LogP contribution in [0, 0.1) is 0 Å². The van der Waals surface area contributed by atoms with Crippen molar-refractivity contribution in [2.45, 2.75) is 37.6 Å². The molecule has 2 heteroatoms. The lowest BCUT2D eigenvalue weighted by molar-refractivity contribution is 0.397. The van der Waals surface area contributed by atoms with Gasteiger partial charge in [0.1, 0.15) is 0 Å². The quantitative estimate of drug-likeness (QED) is 0.708. The third-order valence-corrected chi connectivity index (χ3v) is 3.70. The van der Waals surface area contributed by atoms with Crippen LogP contribution in [-0.4, -0.2) is 6.04 Å². The van der Waals surface area contributed by atoms with E-state index in [0.29, 0.717) is 6.04 Å². The molecule has 1 nitrogen and oxygen atoms in total. The van der Waals surface area contributed by atoms with Gasteiger partial charge in [0.25, 0.3) is 0 Å². The van der Waals surface area contributed by atoms with Gasteiger partial charge in [0.2, 0.25) is 0 Å². The van der Waals surface area contributed by atoms with E-state index in [1.165, 1.54) is 30.6 Å². The minimum atomic E-state index is 0.450. The van der Waals surface area contributed by atoms with Gasteiger partial charge in [-0.25, -0.2) is 0 Å². The molecule has 0 spiro atoms. The summed E-state index contributed by atoms with van der Waals surface area (Å²) in [6.07, 6.45) is 5.07. The van der Waals surface area contributed by atoms with Crippen LogP contribution >= 0.6 is 11.3 Å². The molecule has 0 amide bonds. The van der Waals surface area contributed by atoms with E-state index in [4.69, 9.17) is 5.73 Å². The first-order chi connectivity index (χ1) is 5.86. The van der Waals surface area contributed by atoms with Gasteiger partial charge in [0, 0.05) is 10.9 Å². The van der Waals surface area contributed by atoms with E-state index in [1.54, 1.807) is 0 Å². The molecule has 1 aliphatic carbocycles. The molecule has 2 atom stereocenters. The molecule has 2 N–H and O–H groups in total. The van der Waals surface area contributed by atoms with Gasteiger partial charge in [-0.3, -0.25) is 0 Å². The van der Waals surface area contributed by atoms with Crippen molar-refractivity contribution < 1.29 is 0 Å². The Morgan fingerprint density at radius 1 is 1.42 bits per heavy atom. The predicted molar refractivity (Wildman–Crippen MR) is 53.5 cm³/mol. The van der Waals surface area contributed by atoms with E-state index < -0.39 is 0 Å². The maximum atomic E-state index is 5.94. The molecule has 1 aromatic heterocycles. The molecule has 1 aromatic rings. The van der Waals surface area contributed by atoms with Gasteiger partial charge in [0.05, 0.1) is 0 Å². The van der Waals surface area contributed by atoms with E-state index in [1.807, 2.05) is 11.3 Å². The summed E-state index contributed by atoms with van der Waals surface area (Å²) in [6.45, 7) is 0. The molecule has 2 unspecified atom stereocenters. The topological polar surface area (TPSA) is 26.0 Å². The number of hydrogen-bond donors (Lipinski definition) is 1. The predicted octanol–water partition coefficient (Wildman–Crippen LogP) is 2.73. The first-order valence-electron chi connectivity index (χ1n) is 4.65. The van der Waals surface area contributed by atoms with E-state index in [9.17, 15) is 0 Å². The van der Waals surface area contributed by atoms with Gasteiger partial charge < -0.3 is 5.73 Å². The molecular formula is C10H15NS. The summed E-state index contributed by atoms with van der Waals surface area (Å²) in [6, 6.07) is 4.83. The van der Waals surface area contributed by atoms with Crippen molar-refractivity contribution >= 4 is 11.3 Å². The Morgan fingerprint density at radius 2 is 2.33 bits per heavy atom. The molecule has 12 heavy (non-hydrogen) atoms. The molecule has 0 bridgehead atoms. The number of hydrogen-bond acceptors (Lipinski definition) is 2. The Morgan fingerprint density at radius 3 is 3.00 bits per heavy atom. The first-order valence-corrected chi connectivity index (χ1v) is 5.53. The summed E-state index contributed by atoms with van der Waals surface area (Å²) in [7, 11) is 0. The second kappa shape index (κ2) is 3.58. The van der Waals surface area contributed by atoms with Crippen LogP contribution in [0.5, 0.6) is 0 Å². The van der Waals surface area contributed by atoms with Crippen LogP contribution in [-0.2, 0) is 0 Å². The van der Waals surface area contributed by atoms with Crippen molar-refractivity contribution in [3.8, 4) is 0 Å². The van der Waals surface area contributed by atoms with Gasteiger partial charge in [-0.05, 0) is 36.6 Å². The van der Waals surface area contributed by atoms with Crippen LogP contribution in [0.15, 0.2) is 17.5 Å². The fourth-order valence-electron chi connectivity index (χ4n) is 2.01. The van der Waals surface area contributed by atoms with Crippen LogP contribution in [0.2, 0.25) is 0 Å². The van der Waals surface area contributed by atoms with E-state index in [0.717, 1.165) is 5.92 Å². The number of thiophene rings is 1. The highest BCUT2D eigenvalue weighted by atomic mass is 32.1. The van der Waals surface area contributed by atoms with Crippen molar-refractivity contribution in [2.24, 2.45) is 5.73 Å². The average Bonchev–Trinajstić information content (AvgIpc) is 2.56. The highest BCUT2D eigenvalue weighted by Crippen LogP contribution is 2.34. The van der Waals surface area contributed by atoms with Gasteiger partial charge in [-0.1, -0.05) is 12.5 Å². The van der Waals surface area contributed by atoms with Crippen molar-refractivity contribution in [3.63, 3.8) is 0 Å². The van der Waals surface area contributed by atoms with Gasteiger partial charge >= 0.3 is 0 Å². The Labute approximate surface area is 77.6 Å². The van der Waals surface area contributed by atoms with Gasteiger partial charge in [0.15, 0.2) is 0 Å². The fraction of sp³-hybridized carbons (Fsp3) is 0.600. The zero-order valence-corrected chi connectivity index (χ0v) is 8.02. The van der Waals surface area contributed by atoms with Crippen LogP contribution in [0.25, 0.3) is 0 Å². The molecule has 0 aromatic carbocycles. The van der Waals surface area contributed by atoms with Gasteiger partial charge in [-0.2, -0.15) is 0 Å². The van der Waals surface area contributed by atoms with Crippen LogP contribution < -0.4 is 5.73 Å². The Kier molecular flexibility index (Phi) is 2.47. The van der Waals surface area contributed by atoms with E-state index in [-0.39, 0.29) is 0 Å². The molecule has 0 aliphatic heterocycles. The third-order valence-electron chi connectivity index (χ3n) is 2.66. The highest BCUT2D eigenvalue weighted by Gasteiger charge is 2.20. The Hall–Kier alpha value is -0.340. The SMILES string of the molecule is NC1CCCC(c2cccs2)C1. The van der Waals surface area contributed by atoms with Crippen LogP contribution in [0.3, 0.4) is 0 Å². The highest BCUT2D eigenvalue weighted by molar-refractivity contribution is 7.10. The molecule has 0 saturated heterocycles.